The predicted octanol–water partition coefficient (Wildman–Crippen LogP) is 1.29. The first kappa shape index (κ1) is 17.5. The number of carbonyl (C=O) groups is 1. The average molecular weight is 334 g/mol. The number of carbonyl (C=O) groups excluding carboxylic acids is 1. The van der Waals surface area contributed by atoms with Crippen LogP contribution in [-0.2, 0) is 4.74 Å². The van der Waals surface area contributed by atoms with Crippen LogP contribution in [0.4, 0.5) is 13.2 Å². The molecule has 128 valence electrons. The molecule has 2 heterocycles. The number of alkyl halides is 3. The van der Waals surface area contributed by atoms with Crippen molar-refractivity contribution in [3.8, 4) is 5.75 Å². The van der Waals surface area contributed by atoms with Crippen LogP contribution in [0.5, 0.6) is 5.75 Å². The number of aliphatic hydroxyl groups is 1. The lowest BCUT2D eigenvalue weighted by Crippen LogP contribution is -2.33. The molecule has 1 aliphatic heterocycles. The third-order valence-electron chi connectivity index (χ3n) is 3.27. The number of nitrogens with one attached hydrogen (secondary N) is 1. The summed E-state index contributed by atoms with van der Waals surface area (Å²) in [5.74, 6) is -0.873. The Balaban J connectivity index is 1.91. The van der Waals surface area contributed by atoms with Crippen LogP contribution >= 0.6 is 0 Å². The smallest absolute Gasteiger partial charge is 0.422 e. The van der Waals surface area contributed by atoms with Gasteiger partial charge in [0.1, 0.15) is 0 Å². The number of rotatable bonds is 6. The quantitative estimate of drug-likeness (QED) is 0.819. The van der Waals surface area contributed by atoms with Crippen molar-refractivity contribution in [3.05, 3.63) is 24.0 Å². The summed E-state index contributed by atoms with van der Waals surface area (Å²) in [4.78, 5) is 15.8. The molecule has 0 aromatic carbocycles. The molecule has 9 heteroatoms. The highest BCUT2D eigenvalue weighted by molar-refractivity contribution is 5.94. The van der Waals surface area contributed by atoms with Crippen LogP contribution in [0.3, 0.4) is 0 Å². The molecule has 2 rings (SSSR count). The van der Waals surface area contributed by atoms with Gasteiger partial charge in [-0.2, -0.15) is 13.2 Å². The lowest BCUT2D eigenvalue weighted by atomic mass is 10.2. The molecule has 1 amide bonds. The van der Waals surface area contributed by atoms with Crippen molar-refractivity contribution in [2.75, 3.05) is 19.8 Å². The lowest BCUT2D eigenvalue weighted by molar-refractivity contribution is -0.153. The van der Waals surface area contributed by atoms with Crippen molar-refractivity contribution in [1.29, 1.82) is 0 Å². The highest BCUT2D eigenvalue weighted by Crippen LogP contribution is 2.21. The minimum absolute atomic E-state index is 0.0832. The zero-order chi connectivity index (χ0) is 16.9. The van der Waals surface area contributed by atoms with Crippen molar-refractivity contribution < 1.29 is 32.5 Å². The molecule has 0 unspecified atom stereocenters. The summed E-state index contributed by atoms with van der Waals surface area (Å²) in [6, 6.07) is 2.63. The van der Waals surface area contributed by atoms with E-state index in [1.165, 1.54) is 18.3 Å². The van der Waals surface area contributed by atoms with E-state index >= 15 is 0 Å². The summed E-state index contributed by atoms with van der Waals surface area (Å²) in [7, 11) is 0. The van der Waals surface area contributed by atoms with Gasteiger partial charge in [-0.3, -0.25) is 4.79 Å². The second kappa shape index (κ2) is 7.60. The summed E-state index contributed by atoms with van der Waals surface area (Å²) < 4.78 is 46.7. The number of hydrogen-bond donors (Lipinski definition) is 2. The fourth-order valence-corrected chi connectivity index (χ4v) is 2.19. The largest absolute Gasteiger partial charge is 0.482 e. The maximum absolute atomic E-state index is 12.2. The third-order valence-corrected chi connectivity index (χ3v) is 3.27. The molecule has 0 radical (unpaired) electrons. The lowest BCUT2D eigenvalue weighted by Gasteiger charge is -2.14. The Morgan fingerprint density at radius 3 is 2.83 bits per heavy atom. The van der Waals surface area contributed by atoms with Gasteiger partial charge in [-0.25, -0.2) is 4.98 Å². The molecule has 2 N–H and O–H groups in total. The zero-order valence-corrected chi connectivity index (χ0v) is 12.2. The van der Waals surface area contributed by atoms with E-state index < -0.39 is 18.7 Å². The van der Waals surface area contributed by atoms with Crippen LogP contribution < -0.4 is 10.1 Å². The molecule has 0 spiro atoms. The van der Waals surface area contributed by atoms with Gasteiger partial charge >= 0.3 is 6.18 Å². The number of ether oxygens (including phenoxy) is 2. The summed E-state index contributed by atoms with van der Waals surface area (Å²) in [6.45, 7) is -1.40. The fraction of sp³-hybridized carbons (Fsp3) is 0.571. The first-order valence-corrected chi connectivity index (χ1v) is 7.08. The van der Waals surface area contributed by atoms with Gasteiger partial charge in [-0.1, -0.05) is 0 Å². The molecular formula is C14H17F3N2O4. The normalized spacial score (nSPS) is 21.2. The van der Waals surface area contributed by atoms with E-state index in [4.69, 9.17) is 9.84 Å². The summed E-state index contributed by atoms with van der Waals surface area (Å²) in [5.41, 5.74) is -0.214. The van der Waals surface area contributed by atoms with Crippen molar-refractivity contribution in [1.82, 2.24) is 10.3 Å². The van der Waals surface area contributed by atoms with E-state index in [-0.39, 0.29) is 36.8 Å². The van der Waals surface area contributed by atoms with Crippen LogP contribution in [0.2, 0.25) is 0 Å². The molecule has 6 nitrogen and oxygen atoms in total. The predicted molar refractivity (Wildman–Crippen MR) is 73.1 cm³/mol. The van der Waals surface area contributed by atoms with Crippen molar-refractivity contribution in [3.63, 3.8) is 0 Å². The monoisotopic (exact) mass is 334 g/mol. The standard InChI is InChI=1S/C14H17F3N2O4/c15-14(16,17)8-22-11-2-1-5-18-12(11)13(21)19-6-9-3-4-10(7-20)23-9/h1-2,5,9-10,20H,3-4,6-8H2,(H,19,21)/t9-,10+/m1/s1. The van der Waals surface area contributed by atoms with Gasteiger partial charge in [0.15, 0.2) is 18.1 Å². The molecule has 1 aromatic heterocycles. The fourth-order valence-electron chi connectivity index (χ4n) is 2.19. The van der Waals surface area contributed by atoms with Gasteiger partial charge in [0.05, 0.1) is 18.8 Å². The van der Waals surface area contributed by atoms with Crippen LogP contribution in [0.15, 0.2) is 18.3 Å². The van der Waals surface area contributed by atoms with E-state index in [2.05, 4.69) is 15.0 Å². The summed E-state index contributed by atoms with van der Waals surface area (Å²) in [6.07, 6.45) is -2.30. The highest BCUT2D eigenvalue weighted by Gasteiger charge is 2.30. The van der Waals surface area contributed by atoms with Crippen LogP contribution in [-0.4, -0.2) is 54.1 Å². The van der Waals surface area contributed by atoms with Gasteiger partial charge in [0.2, 0.25) is 0 Å². The molecule has 2 atom stereocenters. The Morgan fingerprint density at radius 2 is 2.17 bits per heavy atom. The second-order valence-electron chi connectivity index (χ2n) is 5.10. The number of halogens is 3. The molecule has 1 fully saturated rings. The molecular weight excluding hydrogens is 317 g/mol. The SMILES string of the molecule is O=C(NC[C@H]1CC[C@@H](CO)O1)c1ncccc1OCC(F)(F)F. The van der Waals surface area contributed by atoms with E-state index in [0.717, 1.165) is 0 Å². The van der Waals surface area contributed by atoms with Crippen LogP contribution in [0, 0.1) is 0 Å². The molecule has 0 aliphatic carbocycles. The van der Waals surface area contributed by atoms with Gasteiger partial charge in [0, 0.05) is 12.7 Å². The average Bonchev–Trinajstić information content (AvgIpc) is 2.98. The number of amides is 1. The molecule has 0 saturated carbocycles. The van der Waals surface area contributed by atoms with Crippen molar-refractivity contribution >= 4 is 5.91 Å². The number of aromatic nitrogens is 1. The second-order valence-corrected chi connectivity index (χ2v) is 5.10. The van der Waals surface area contributed by atoms with Gasteiger partial charge < -0.3 is 19.9 Å². The Hall–Kier alpha value is -1.87. The topological polar surface area (TPSA) is 80.7 Å². The van der Waals surface area contributed by atoms with Gasteiger partial charge in [-0.05, 0) is 25.0 Å². The minimum atomic E-state index is -4.50. The molecule has 1 saturated heterocycles. The molecule has 1 aromatic rings. The van der Waals surface area contributed by atoms with E-state index in [9.17, 15) is 18.0 Å². The number of aliphatic hydroxyl groups excluding tert-OH is 1. The Morgan fingerprint density at radius 1 is 1.43 bits per heavy atom. The van der Waals surface area contributed by atoms with E-state index in [1.54, 1.807) is 0 Å². The zero-order valence-electron chi connectivity index (χ0n) is 12.2. The minimum Gasteiger partial charge on any atom is -0.482 e. The first-order chi connectivity index (χ1) is 10.9. The number of nitrogens with zero attached hydrogens (tertiary/aromatic N) is 1. The van der Waals surface area contributed by atoms with E-state index in [1.807, 2.05) is 0 Å². The van der Waals surface area contributed by atoms with E-state index in [0.29, 0.717) is 12.8 Å². The molecule has 0 bridgehead atoms. The summed E-state index contributed by atoms with van der Waals surface area (Å²) >= 11 is 0. The Labute approximate surface area is 130 Å². The summed E-state index contributed by atoms with van der Waals surface area (Å²) in [5, 5.41) is 11.5. The van der Waals surface area contributed by atoms with Gasteiger partial charge in [-0.15, -0.1) is 0 Å². The van der Waals surface area contributed by atoms with Crippen LogP contribution in [0.1, 0.15) is 23.3 Å². The third kappa shape index (κ3) is 5.36. The highest BCUT2D eigenvalue weighted by atomic mass is 19.4. The maximum Gasteiger partial charge on any atom is 0.422 e. The van der Waals surface area contributed by atoms with Crippen molar-refractivity contribution in [2.45, 2.75) is 31.2 Å². The first-order valence-electron chi connectivity index (χ1n) is 7.08. The molecule has 1 aliphatic rings. The van der Waals surface area contributed by atoms with Crippen molar-refractivity contribution in [2.24, 2.45) is 0 Å². The molecule has 23 heavy (non-hydrogen) atoms. The van der Waals surface area contributed by atoms with Gasteiger partial charge in [0.25, 0.3) is 5.91 Å². The number of pyridine rings is 1. The maximum atomic E-state index is 12.2. The Bertz CT molecular complexity index is 539. The number of hydrogen-bond acceptors (Lipinski definition) is 5. The van der Waals surface area contributed by atoms with Crippen LogP contribution in [0.25, 0.3) is 0 Å². The Kier molecular flexibility index (Phi) is 5.78.